The van der Waals surface area contributed by atoms with Crippen molar-refractivity contribution in [3.63, 3.8) is 0 Å². The monoisotopic (exact) mass is 517 g/mol. The van der Waals surface area contributed by atoms with Crippen LogP contribution in [-0.4, -0.2) is 29.9 Å². The van der Waals surface area contributed by atoms with E-state index in [-0.39, 0.29) is 28.6 Å². The lowest BCUT2D eigenvalue weighted by Crippen LogP contribution is -2.56. The fourth-order valence-electron chi connectivity index (χ4n) is 9.40. The SMILES string of the molecule is [2H]C([2H])([2H])C(C)[C@@H](C)[C@@H](OC(C)=O)[C@H](OC(C)=O)[C@@H](C)[C@H]1CC[C@H]2[C@@H]3CC(=O)[C@H]4CC=CC[C@]4(C)[C@H]3CC[C@]12C. The molecule has 0 aliphatic heterocycles. The number of ketones is 1. The molecule has 4 aliphatic carbocycles. The lowest BCUT2D eigenvalue weighted by Gasteiger charge is -2.59. The average molecular weight is 518 g/mol. The van der Waals surface area contributed by atoms with Crippen LogP contribution in [0.3, 0.4) is 0 Å². The molecule has 3 saturated carbocycles. The van der Waals surface area contributed by atoms with Gasteiger partial charge in [0.2, 0.25) is 0 Å². The highest BCUT2D eigenvalue weighted by atomic mass is 16.6. The van der Waals surface area contributed by atoms with Crippen molar-refractivity contribution in [1.29, 1.82) is 0 Å². The van der Waals surface area contributed by atoms with E-state index in [1.54, 1.807) is 13.8 Å². The average Bonchev–Trinajstić information content (AvgIpc) is 3.21. The standard InChI is InChI=1S/C32H50O5/c1-18(2)19(3)29(36-21(5)33)30(37-22(6)34)20(4)24-12-13-25-23-17-28(35)27-11-9-10-15-31(27,7)26(23)14-16-32(24,25)8/h9-10,18-20,23-27,29-30H,11-17H2,1-8H3/t19-,20+,23+,24-,25+,26+,27-,29-,30-,31-,32-/m1/s1/i1D3/t18?,19-,20+,23+,24-,25+,26+,27-,29-,30-,31-,32-. The summed E-state index contributed by atoms with van der Waals surface area (Å²) in [4.78, 5) is 38.1. The maximum Gasteiger partial charge on any atom is 0.303 e. The summed E-state index contributed by atoms with van der Waals surface area (Å²) < 4.78 is 35.7. The molecule has 0 spiro atoms. The van der Waals surface area contributed by atoms with Crippen LogP contribution in [0.25, 0.3) is 0 Å². The van der Waals surface area contributed by atoms with Crippen LogP contribution < -0.4 is 0 Å². The van der Waals surface area contributed by atoms with Crippen molar-refractivity contribution in [2.24, 2.45) is 58.2 Å². The van der Waals surface area contributed by atoms with Gasteiger partial charge in [-0.05, 0) is 84.9 Å². The maximum atomic E-state index is 13.5. The van der Waals surface area contributed by atoms with E-state index in [0.29, 0.717) is 30.0 Å². The number of Topliss-reactive ketones (excluding diaryl/α,β-unsaturated/α-hetero) is 1. The molecule has 37 heavy (non-hydrogen) atoms. The Labute approximate surface area is 228 Å². The van der Waals surface area contributed by atoms with Crippen LogP contribution in [0.2, 0.25) is 0 Å². The first kappa shape index (κ1) is 24.4. The van der Waals surface area contributed by atoms with Gasteiger partial charge in [-0.2, -0.15) is 0 Å². The van der Waals surface area contributed by atoms with E-state index in [1.165, 1.54) is 13.8 Å². The van der Waals surface area contributed by atoms with Gasteiger partial charge >= 0.3 is 11.9 Å². The van der Waals surface area contributed by atoms with Crippen LogP contribution in [0.15, 0.2) is 12.2 Å². The van der Waals surface area contributed by atoms with E-state index in [4.69, 9.17) is 13.6 Å². The molecule has 5 heteroatoms. The molecule has 4 rings (SSSR count). The molecule has 0 heterocycles. The number of hydrogen-bond donors (Lipinski definition) is 0. The minimum Gasteiger partial charge on any atom is -0.458 e. The highest BCUT2D eigenvalue weighted by Crippen LogP contribution is 2.67. The van der Waals surface area contributed by atoms with Crippen molar-refractivity contribution in [3.05, 3.63) is 12.2 Å². The second-order valence-corrected chi connectivity index (χ2v) is 13.4. The topological polar surface area (TPSA) is 69.7 Å². The van der Waals surface area contributed by atoms with E-state index < -0.39 is 42.8 Å². The van der Waals surface area contributed by atoms with Gasteiger partial charge in [0.15, 0.2) is 0 Å². The molecule has 1 unspecified atom stereocenters. The largest absolute Gasteiger partial charge is 0.458 e. The molecular formula is C32H50O5. The zero-order valence-corrected chi connectivity index (χ0v) is 23.9. The minimum atomic E-state index is -2.24. The van der Waals surface area contributed by atoms with Crippen LogP contribution in [0.4, 0.5) is 0 Å². The van der Waals surface area contributed by atoms with Gasteiger partial charge < -0.3 is 9.47 Å². The first-order chi connectivity index (χ1) is 18.5. The third kappa shape index (κ3) is 4.93. The molecular weight excluding hydrogens is 464 g/mol. The molecule has 0 aromatic carbocycles. The number of allylic oxidation sites excluding steroid dienone is 2. The van der Waals surface area contributed by atoms with Crippen LogP contribution in [-0.2, 0) is 23.9 Å². The zero-order chi connectivity index (χ0) is 29.8. The fourth-order valence-corrected chi connectivity index (χ4v) is 9.40. The summed E-state index contributed by atoms with van der Waals surface area (Å²) >= 11 is 0. The Hall–Kier alpha value is -1.65. The zero-order valence-electron chi connectivity index (χ0n) is 26.9. The summed E-state index contributed by atoms with van der Waals surface area (Å²) in [6.07, 6.45) is 9.49. The summed E-state index contributed by atoms with van der Waals surface area (Å²) in [6.45, 7) is 10.7. The number of carbonyl (C=O) groups is 3. The maximum absolute atomic E-state index is 13.5. The van der Waals surface area contributed by atoms with E-state index >= 15 is 0 Å². The molecule has 0 aromatic heterocycles. The first-order valence-corrected chi connectivity index (χ1v) is 14.5. The van der Waals surface area contributed by atoms with Crippen LogP contribution in [0.5, 0.6) is 0 Å². The van der Waals surface area contributed by atoms with E-state index in [2.05, 4.69) is 32.9 Å². The second kappa shape index (κ2) is 10.5. The predicted molar refractivity (Wildman–Crippen MR) is 144 cm³/mol. The van der Waals surface area contributed by atoms with E-state index in [0.717, 1.165) is 38.5 Å². The quantitative estimate of drug-likeness (QED) is 0.275. The minimum absolute atomic E-state index is 0.0291. The molecule has 5 nitrogen and oxygen atoms in total. The number of hydrogen-bond acceptors (Lipinski definition) is 5. The van der Waals surface area contributed by atoms with Gasteiger partial charge in [0.05, 0.1) is 0 Å². The van der Waals surface area contributed by atoms with Gasteiger partial charge in [-0.3, -0.25) is 14.4 Å². The van der Waals surface area contributed by atoms with Gasteiger partial charge in [-0.15, -0.1) is 0 Å². The number of rotatable bonds is 7. The third-order valence-electron chi connectivity index (χ3n) is 11.5. The van der Waals surface area contributed by atoms with Crippen molar-refractivity contribution in [2.45, 2.75) is 112 Å². The van der Waals surface area contributed by atoms with E-state index in [1.807, 2.05) is 0 Å². The molecule has 0 saturated heterocycles. The Balaban J connectivity index is 1.64. The second-order valence-electron chi connectivity index (χ2n) is 13.4. The predicted octanol–water partition coefficient (Wildman–Crippen LogP) is 6.78. The molecule has 0 amide bonds. The number of ether oxygens (including phenoxy) is 2. The van der Waals surface area contributed by atoms with Crippen molar-refractivity contribution in [3.8, 4) is 0 Å². The number of fused-ring (bicyclic) bond motifs is 5. The van der Waals surface area contributed by atoms with Crippen molar-refractivity contribution >= 4 is 17.7 Å². The molecule has 0 bridgehead atoms. The van der Waals surface area contributed by atoms with Crippen LogP contribution in [0.1, 0.15) is 104 Å². The van der Waals surface area contributed by atoms with Crippen LogP contribution >= 0.6 is 0 Å². The first-order valence-electron chi connectivity index (χ1n) is 16.0. The highest BCUT2D eigenvalue weighted by Gasteiger charge is 2.62. The van der Waals surface area contributed by atoms with Crippen LogP contribution in [0, 0.1) is 58.2 Å². The number of esters is 2. The molecule has 3 fully saturated rings. The Morgan fingerprint density at radius 2 is 1.62 bits per heavy atom. The molecule has 0 radical (unpaired) electrons. The summed E-state index contributed by atoms with van der Waals surface area (Å²) in [5.74, 6) is -0.356. The smallest absolute Gasteiger partial charge is 0.303 e. The summed E-state index contributed by atoms with van der Waals surface area (Å²) in [7, 11) is 0. The summed E-state index contributed by atoms with van der Waals surface area (Å²) in [5.41, 5.74) is -0.00600. The molecule has 12 atom stereocenters. The normalized spacial score (nSPS) is 42.4. The lowest BCUT2D eigenvalue weighted by atomic mass is 9.45. The molecule has 0 N–H and O–H groups in total. The van der Waals surface area contributed by atoms with Crippen molar-refractivity contribution < 1.29 is 28.0 Å². The Morgan fingerprint density at radius 1 is 0.973 bits per heavy atom. The Kier molecular flexibility index (Phi) is 6.92. The Bertz CT molecular complexity index is 1020. The van der Waals surface area contributed by atoms with E-state index in [9.17, 15) is 14.4 Å². The van der Waals surface area contributed by atoms with Crippen molar-refractivity contribution in [1.82, 2.24) is 0 Å². The Morgan fingerprint density at radius 3 is 2.27 bits per heavy atom. The van der Waals surface area contributed by atoms with Gasteiger partial charge in [-0.1, -0.05) is 53.6 Å². The van der Waals surface area contributed by atoms with Gasteiger partial charge in [0, 0.05) is 36.2 Å². The molecule has 0 aromatic rings. The number of carbonyl (C=O) groups excluding carboxylic acids is 3. The van der Waals surface area contributed by atoms with Gasteiger partial charge in [0.1, 0.15) is 18.0 Å². The highest BCUT2D eigenvalue weighted by molar-refractivity contribution is 5.83. The third-order valence-corrected chi connectivity index (χ3v) is 11.5. The summed E-state index contributed by atoms with van der Waals surface area (Å²) in [6, 6.07) is 0. The van der Waals surface area contributed by atoms with Crippen molar-refractivity contribution in [2.75, 3.05) is 0 Å². The summed E-state index contributed by atoms with van der Waals surface area (Å²) in [5, 5.41) is 0. The fraction of sp³-hybridized carbons (Fsp3) is 0.844. The molecule has 4 aliphatic rings. The molecule has 208 valence electrons. The van der Waals surface area contributed by atoms with Gasteiger partial charge in [0.25, 0.3) is 0 Å². The van der Waals surface area contributed by atoms with Gasteiger partial charge in [-0.25, -0.2) is 0 Å². The lowest BCUT2D eigenvalue weighted by molar-refractivity contribution is -0.181.